The standard InChI is InChI=1S/C45H75N3O6S/c1-39(2)31(37(49)50)25-32(39)38(51)54-35-13-14-42(6)33(40(35,3)4)12-15-44(8)34(42)10-9-30-36-29(41(5)17-18-41)11-16-45(36,20-19-43(30,44)7)47-26-28(46)27-48-21-23-55(52,53)24-22-48/h28-36,47H,9-27,46H2,1-8H3,(H,49,50)/t28-,29-,30-,31+,32-,33+,34-,35+,36-,42+,43-,44-,45+/m1/s1. The van der Waals surface area contributed by atoms with Crippen molar-refractivity contribution in [2.45, 2.75) is 157 Å². The number of nitrogens with two attached hydrogens (primary N) is 1. The van der Waals surface area contributed by atoms with Crippen LogP contribution in [0.1, 0.15) is 139 Å². The van der Waals surface area contributed by atoms with Crippen molar-refractivity contribution in [1.82, 2.24) is 10.2 Å². The van der Waals surface area contributed by atoms with Gasteiger partial charge in [-0.05, 0) is 140 Å². The molecular weight excluding hydrogens is 711 g/mol. The summed E-state index contributed by atoms with van der Waals surface area (Å²) < 4.78 is 30.5. The molecule has 0 radical (unpaired) electrons. The lowest BCUT2D eigenvalue weighted by Crippen LogP contribution is -2.69. The number of sulfone groups is 1. The Hall–Kier alpha value is -1.23. The Morgan fingerprint density at radius 3 is 2.11 bits per heavy atom. The van der Waals surface area contributed by atoms with Crippen LogP contribution in [0.5, 0.6) is 0 Å². The third-order valence-corrected chi connectivity index (χ3v) is 21.7. The van der Waals surface area contributed by atoms with Crippen LogP contribution >= 0.6 is 0 Å². The van der Waals surface area contributed by atoms with Gasteiger partial charge in [0.2, 0.25) is 0 Å². The van der Waals surface area contributed by atoms with Crippen LogP contribution in [-0.2, 0) is 24.2 Å². The van der Waals surface area contributed by atoms with Crippen molar-refractivity contribution < 1.29 is 27.9 Å². The van der Waals surface area contributed by atoms with Gasteiger partial charge in [-0.25, -0.2) is 8.42 Å². The number of aliphatic carboxylic acids is 1. The number of hydrogen-bond acceptors (Lipinski definition) is 8. The highest BCUT2D eigenvalue weighted by Gasteiger charge is 2.72. The van der Waals surface area contributed by atoms with E-state index in [1.807, 2.05) is 13.8 Å². The van der Waals surface area contributed by atoms with Gasteiger partial charge in [0, 0.05) is 43.2 Å². The van der Waals surface area contributed by atoms with Gasteiger partial charge in [0.05, 0.1) is 23.3 Å². The number of fused-ring (bicyclic) bond motifs is 7. The lowest BCUT2D eigenvalue weighted by atomic mass is 9.32. The minimum atomic E-state index is -2.90. The van der Waals surface area contributed by atoms with Crippen molar-refractivity contribution in [3.8, 4) is 0 Å². The largest absolute Gasteiger partial charge is 0.481 e. The van der Waals surface area contributed by atoms with Crippen LogP contribution in [0, 0.1) is 73.9 Å². The minimum absolute atomic E-state index is 0.0113. The third-order valence-electron chi connectivity index (χ3n) is 20.1. The molecule has 7 saturated carbocycles. The monoisotopic (exact) mass is 786 g/mol. The van der Waals surface area contributed by atoms with Crippen LogP contribution in [0.4, 0.5) is 0 Å². The first-order chi connectivity index (χ1) is 25.5. The molecule has 8 fully saturated rings. The highest BCUT2D eigenvalue weighted by Crippen LogP contribution is 2.78. The maximum Gasteiger partial charge on any atom is 0.309 e. The Labute approximate surface area is 332 Å². The van der Waals surface area contributed by atoms with Gasteiger partial charge in [-0.1, -0.05) is 55.4 Å². The molecular formula is C45H75N3O6S. The van der Waals surface area contributed by atoms with E-state index in [1.54, 1.807) is 0 Å². The Bertz CT molecular complexity index is 1650. The Morgan fingerprint density at radius 2 is 1.47 bits per heavy atom. The number of carboxylic acids is 1. The molecule has 0 aromatic carbocycles. The normalized spacial score (nSPS) is 48.2. The molecule has 8 aliphatic rings. The highest BCUT2D eigenvalue weighted by molar-refractivity contribution is 7.91. The number of nitrogens with one attached hydrogen (secondary N) is 1. The summed E-state index contributed by atoms with van der Waals surface area (Å²) in [5.74, 6) is 1.90. The second-order valence-electron chi connectivity index (χ2n) is 23.0. The molecule has 0 unspecified atom stereocenters. The first-order valence-electron chi connectivity index (χ1n) is 22.4. The van der Waals surface area contributed by atoms with E-state index < -0.39 is 27.1 Å². The average Bonchev–Trinajstić information content (AvgIpc) is 3.71. The Kier molecular flexibility index (Phi) is 9.68. The summed E-state index contributed by atoms with van der Waals surface area (Å²) >= 11 is 0. The first-order valence-corrected chi connectivity index (χ1v) is 24.2. The predicted molar refractivity (Wildman–Crippen MR) is 216 cm³/mol. The second kappa shape index (κ2) is 13.1. The fourth-order valence-corrected chi connectivity index (χ4v) is 17.3. The predicted octanol–water partition coefficient (Wildman–Crippen LogP) is 6.93. The van der Waals surface area contributed by atoms with Crippen molar-refractivity contribution in [2.24, 2.45) is 79.6 Å². The topological polar surface area (TPSA) is 139 Å². The van der Waals surface area contributed by atoms with E-state index in [0.29, 0.717) is 48.6 Å². The van der Waals surface area contributed by atoms with E-state index in [4.69, 9.17) is 10.5 Å². The average molecular weight is 786 g/mol. The zero-order valence-corrected chi connectivity index (χ0v) is 36.4. The minimum Gasteiger partial charge on any atom is -0.481 e. The molecule has 4 N–H and O–H groups in total. The van der Waals surface area contributed by atoms with E-state index >= 15 is 0 Å². The molecule has 55 heavy (non-hydrogen) atoms. The number of carboxylic acid groups (broad SMARTS) is 1. The van der Waals surface area contributed by atoms with Crippen molar-refractivity contribution in [3.05, 3.63) is 0 Å². The van der Waals surface area contributed by atoms with Crippen molar-refractivity contribution in [1.29, 1.82) is 0 Å². The summed E-state index contributed by atoms with van der Waals surface area (Å²) in [7, 11) is -2.90. The molecule has 0 bridgehead atoms. The van der Waals surface area contributed by atoms with Crippen LogP contribution in [0.2, 0.25) is 0 Å². The number of carbonyl (C=O) groups excluding carboxylic acids is 1. The molecule has 0 aromatic rings. The van der Waals surface area contributed by atoms with Gasteiger partial charge in [0.25, 0.3) is 0 Å². The molecule has 0 amide bonds. The summed E-state index contributed by atoms with van der Waals surface area (Å²) in [5, 5.41) is 13.9. The fraction of sp³-hybridized carbons (Fsp3) is 0.956. The van der Waals surface area contributed by atoms with Gasteiger partial charge in [-0.15, -0.1) is 0 Å². The number of hydrogen-bond donors (Lipinski definition) is 3. The lowest BCUT2D eigenvalue weighted by molar-refractivity contribution is -0.249. The molecule has 0 spiro atoms. The zero-order valence-electron chi connectivity index (χ0n) is 35.6. The van der Waals surface area contributed by atoms with Crippen molar-refractivity contribution in [2.75, 3.05) is 37.7 Å². The van der Waals surface area contributed by atoms with E-state index in [1.165, 1.54) is 64.2 Å². The molecule has 1 saturated heterocycles. The Balaban J connectivity index is 0.993. The SMILES string of the molecule is CC1([C@@H]2CC[C@]3(NC[C@@H](N)CN4CCS(=O)(=O)CC4)CC[C@]4(C)[C@H](CC[C@@H]5[C@@]6(C)CC[C@H](OC(=O)[C@H]7C[C@@H](C(=O)O)C7(C)C)C(C)(C)[C@@H]6CC[C@]54C)[C@@H]23)CC1. The molecule has 9 nitrogen and oxygen atoms in total. The fourth-order valence-electron chi connectivity index (χ4n) is 16.1. The number of esters is 1. The van der Waals surface area contributed by atoms with E-state index in [-0.39, 0.29) is 62.7 Å². The molecule has 0 aromatic heterocycles. The summed E-state index contributed by atoms with van der Waals surface area (Å²) in [5.41, 5.74) is 7.43. The summed E-state index contributed by atoms with van der Waals surface area (Å²) in [6.07, 6.45) is 15.0. The zero-order chi connectivity index (χ0) is 39.8. The molecule has 312 valence electrons. The van der Waals surface area contributed by atoms with Crippen LogP contribution in [-0.4, -0.2) is 85.7 Å². The number of nitrogens with zero attached hydrogens (tertiary/aromatic N) is 1. The van der Waals surface area contributed by atoms with E-state index in [2.05, 4.69) is 51.8 Å². The van der Waals surface area contributed by atoms with E-state index in [9.17, 15) is 23.1 Å². The van der Waals surface area contributed by atoms with Gasteiger partial charge in [0.1, 0.15) is 6.10 Å². The molecule has 10 heteroatoms. The number of carbonyl (C=O) groups is 2. The van der Waals surface area contributed by atoms with Crippen molar-refractivity contribution >= 4 is 21.8 Å². The second-order valence-corrected chi connectivity index (χ2v) is 25.3. The molecule has 13 atom stereocenters. The van der Waals surface area contributed by atoms with Crippen LogP contribution in [0.15, 0.2) is 0 Å². The number of ether oxygens (including phenoxy) is 1. The Morgan fingerprint density at radius 1 is 0.782 bits per heavy atom. The van der Waals surface area contributed by atoms with Gasteiger partial charge < -0.3 is 20.9 Å². The summed E-state index contributed by atoms with van der Waals surface area (Å²) in [6, 6.07) is -0.0113. The van der Waals surface area contributed by atoms with Crippen LogP contribution in [0.25, 0.3) is 0 Å². The van der Waals surface area contributed by atoms with Crippen LogP contribution in [0.3, 0.4) is 0 Å². The third kappa shape index (κ3) is 6.15. The van der Waals surface area contributed by atoms with Gasteiger partial charge in [-0.3, -0.25) is 14.5 Å². The van der Waals surface area contributed by atoms with Gasteiger partial charge in [-0.2, -0.15) is 0 Å². The number of rotatable bonds is 9. The molecule has 1 aliphatic heterocycles. The summed E-state index contributed by atoms with van der Waals surface area (Å²) in [4.78, 5) is 27.7. The van der Waals surface area contributed by atoms with Crippen LogP contribution < -0.4 is 11.1 Å². The van der Waals surface area contributed by atoms with Crippen molar-refractivity contribution in [3.63, 3.8) is 0 Å². The maximum absolute atomic E-state index is 13.6. The van der Waals surface area contributed by atoms with E-state index in [0.717, 1.165) is 31.8 Å². The quantitative estimate of drug-likeness (QED) is 0.213. The van der Waals surface area contributed by atoms with Gasteiger partial charge >= 0.3 is 11.9 Å². The highest BCUT2D eigenvalue weighted by atomic mass is 32.2. The first kappa shape index (κ1) is 40.5. The van der Waals surface area contributed by atoms with Gasteiger partial charge in [0.15, 0.2) is 9.84 Å². The lowest BCUT2D eigenvalue weighted by Gasteiger charge is -2.73. The smallest absolute Gasteiger partial charge is 0.309 e. The molecule has 8 rings (SSSR count). The molecule has 1 heterocycles. The maximum atomic E-state index is 13.6. The molecule has 7 aliphatic carbocycles. The summed E-state index contributed by atoms with van der Waals surface area (Å²) in [6.45, 7) is 21.9.